The van der Waals surface area contributed by atoms with Crippen LogP contribution in [-0.4, -0.2) is 17.8 Å². The minimum Gasteiger partial charge on any atom is -0.469 e. The Morgan fingerprint density at radius 3 is 3.00 bits per heavy atom. The predicted octanol–water partition coefficient (Wildman–Crippen LogP) is 3.20. The van der Waals surface area contributed by atoms with Gasteiger partial charge in [-0.2, -0.15) is 0 Å². The van der Waals surface area contributed by atoms with Gasteiger partial charge in [0.1, 0.15) is 11.5 Å². The Labute approximate surface area is 116 Å². The van der Waals surface area contributed by atoms with Crippen LogP contribution in [0.4, 0.5) is 5.13 Å². The molecule has 0 unspecified atom stereocenters. The summed E-state index contributed by atoms with van der Waals surface area (Å²) in [6.07, 6.45) is 4.28. The standard InChI is InChI=1S/C14H16N2O2S/c1-9-10(6-7-18-9)8-16(2)14-15-13-11(17)4-3-5-12(13)19-14/h6-7H,3-5,8H2,1-2H3. The number of aromatic nitrogens is 1. The lowest BCUT2D eigenvalue weighted by atomic mass is 10.0. The van der Waals surface area contributed by atoms with E-state index in [0.29, 0.717) is 12.1 Å². The highest BCUT2D eigenvalue weighted by molar-refractivity contribution is 7.15. The molecule has 5 heteroatoms. The van der Waals surface area contributed by atoms with Gasteiger partial charge < -0.3 is 9.32 Å². The lowest BCUT2D eigenvalue weighted by Crippen LogP contribution is -2.16. The molecule has 1 aliphatic carbocycles. The molecule has 2 aromatic heterocycles. The topological polar surface area (TPSA) is 46.3 Å². The maximum absolute atomic E-state index is 11.8. The van der Waals surface area contributed by atoms with Crippen molar-refractivity contribution in [3.8, 4) is 0 Å². The molecule has 3 rings (SSSR count). The summed E-state index contributed by atoms with van der Waals surface area (Å²) in [5.41, 5.74) is 1.85. The van der Waals surface area contributed by atoms with Gasteiger partial charge in [-0.05, 0) is 25.8 Å². The van der Waals surface area contributed by atoms with Crippen molar-refractivity contribution >= 4 is 22.3 Å². The van der Waals surface area contributed by atoms with Crippen molar-refractivity contribution in [1.82, 2.24) is 4.98 Å². The number of ketones is 1. The number of Topliss-reactive ketones (excluding diaryl/α,β-unsaturated/α-hetero) is 1. The number of anilines is 1. The molecule has 0 atom stereocenters. The van der Waals surface area contributed by atoms with Crippen LogP contribution in [0.25, 0.3) is 0 Å². The normalized spacial score (nSPS) is 14.5. The summed E-state index contributed by atoms with van der Waals surface area (Å²) in [5.74, 6) is 1.13. The zero-order valence-electron chi connectivity index (χ0n) is 11.1. The molecule has 2 heterocycles. The summed E-state index contributed by atoms with van der Waals surface area (Å²) in [5, 5.41) is 0.917. The van der Waals surface area contributed by atoms with Gasteiger partial charge in [-0.25, -0.2) is 4.98 Å². The molecule has 0 N–H and O–H groups in total. The van der Waals surface area contributed by atoms with Crippen LogP contribution in [0.5, 0.6) is 0 Å². The first-order valence-electron chi connectivity index (χ1n) is 6.42. The summed E-state index contributed by atoms with van der Waals surface area (Å²) in [4.78, 5) is 19.5. The fourth-order valence-corrected chi connectivity index (χ4v) is 3.40. The Bertz CT molecular complexity index is 615. The van der Waals surface area contributed by atoms with Gasteiger partial charge in [0, 0.05) is 30.5 Å². The second-order valence-corrected chi connectivity index (χ2v) is 5.97. The predicted molar refractivity (Wildman–Crippen MR) is 74.9 cm³/mol. The van der Waals surface area contributed by atoms with E-state index in [1.54, 1.807) is 17.6 Å². The van der Waals surface area contributed by atoms with Crippen LogP contribution < -0.4 is 4.90 Å². The molecule has 0 aliphatic heterocycles. The van der Waals surface area contributed by atoms with Crippen LogP contribution >= 0.6 is 11.3 Å². The Morgan fingerprint density at radius 2 is 2.32 bits per heavy atom. The number of fused-ring (bicyclic) bond motifs is 1. The molecule has 0 aromatic carbocycles. The number of hydrogen-bond donors (Lipinski definition) is 0. The molecular weight excluding hydrogens is 260 g/mol. The van der Waals surface area contributed by atoms with E-state index in [2.05, 4.69) is 9.88 Å². The van der Waals surface area contributed by atoms with Crippen molar-refractivity contribution in [3.63, 3.8) is 0 Å². The number of carbonyl (C=O) groups excluding carboxylic acids is 1. The molecule has 0 saturated heterocycles. The third kappa shape index (κ3) is 2.30. The van der Waals surface area contributed by atoms with Gasteiger partial charge in [-0.3, -0.25) is 4.79 Å². The van der Waals surface area contributed by atoms with E-state index in [0.717, 1.165) is 40.7 Å². The fraction of sp³-hybridized carbons (Fsp3) is 0.429. The lowest BCUT2D eigenvalue weighted by Gasteiger charge is -2.14. The van der Waals surface area contributed by atoms with Gasteiger partial charge >= 0.3 is 0 Å². The highest BCUT2D eigenvalue weighted by Gasteiger charge is 2.23. The lowest BCUT2D eigenvalue weighted by molar-refractivity contribution is 0.0968. The molecule has 0 saturated carbocycles. The molecule has 19 heavy (non-hydrogen) atoms. The molecule has 2 aromatic rings. The second kappa shape index (κ2) is 4.81. The van der Waals surface area contributed by atoms with Crippen molar-refractivity contribution in [1.29, 1.82) is 0 Å². The minimum atomic E-state index is 0.191. The molecule has 0 fully saturated rings. The Morgan fingerprint density at radius 1 is 1.47 bits per heavy atom. The van der Waals surface area contributed by atoms with E-state index in [4.69, 9.17) is 4.42 Å². The van der Waals surface area contributed by atoms with Crippen molar-refractivity contribution in [2.75, 3.05) is 11.9 Å². The van der Waals surface area contributed by atoms with Crippen molar-refractivity contribution in [3.05, 3.63) is 34.2 Å². The molecule has 4 nitrogen and oxygen atoms in total. The first-order chi connectivity index (χ1) is 9.15. The number of rotatable bonds is 3. The van der Waals surface area contributed by atoms with Crippen molar-refractivity contribution < 1.29 is 9.21 Å². The first-order valence-corrected chi connectivity index (χ1v) is 7.24. The van der Waals surface area contributed by atoms with Gasteiger partial charge in [0.15, 0.2) is 10.9 Å². The monoisotopic (exact) mass is 276 g/mol. The maximum Gasteiger partial charge on any atom is 0.186 e. The largest absolute Gasteiger partial charge is 0.469 e. The van der Waals surface area contributed by atoms with Crippen LogP contribution in [0, 0.1) is 6.92 Å². The molecule has 100 valence electrons. The van der Waals surface area contributed by atoms with Crippen molar-refractivity contribution in [2.24, 2.45) is 0 Å². The number of aryl methyl sites for hydroxylation is 2. The average Bonchev–Trinajstić information content (AvgIpc) is 2.97. The molecule has 0 bridgehead atoms. The van der Waals surface area contributed by atoms with E-state index in [9.17, 15) is 4.79 Å². The summed E-state index contributed by atoms with van der Waals surface area (Å²) in [6, 6.07) is 1.98. The van der Waals surface area contributed by atoms with E-state index in [1.165, 1.54) is 0 Å². The molecule has 0 radical (unpaired) electrons. The summed E-state index contributed by atoms with van der Waals surface area (Å²) < 4.78 is 5.30. The van der Waals surface area contributed by atoms with Crippen LogP contribution in [0.2, 0.25) is 0 Å². The molecular formula is C14H16N2O2S. The second-order valence-electron chi connectivity index (χ2n) is 4.90. The van der Waals surface area contributed by atoms with E-state index in [-0.39, 0.29) is 5.78 Å². The molecule has 0 spiro atoms. The number of furan rings is 1. The summed E-state index contributed by atoms with van der Waals surface area (Å²) >= 11 is 1.64. The third-order valence-corrected chi connectivity index (χ3v) is 4.69. The minimum absolute atomic E-state index is 0.191. The number of thiazole rings is 1. The van der Waals surface area contributed by atoms with E-state index >= 15 is 0 Å². The highest BCUT2D eigenvalue weighted by atomic mass is 32.1. The molecule has 1 aliphatic rings. The van der Waals surface area contributed by atoms with E-state index in [1.807, 2.05) is 20.0 Å². The Kier molecular flexibility index (Phi) is 3.14. The first kappa shape index (κ1) is 12.4. The van der Waals surface area contributed by atoms with Crippen LogP contribution in [0.15, 0.2) is 16.7 Å². The quantitative estimate of drug-likeness (QED) is 0.863. The zero-order chi connectivity index (χ0) is 13.4. The maximum atomic E-state index is 11.8. The SMILES string of the molecule is Cc1occc1CN(C)c1nc2c(s1)CCCC2=O. The average molecular weight is 276 g/mol. The van der Waals surface area contributed by atoms with Gasteiger partial charge in [0.25, 0.3) is 0 Å². The number of carbonyl (C=O) groups is 1. The smallest absolute Gasteiger partial charge is 0.186 e. The zero-order valence-corrected chi connectivity index (χ0v) is 11.9. The summed E-state index contributed by atoms with van der Waals surface area (Å²) in [6.45, 7) is 2.71. The number of nitrogens with zero attached hydrogens (tertiary/aromatic N) is 2. The Hall–Kier alpha value is -1.62. The van der Waals surface area contributed by atoms with Gasteiger partial charge in [0.2, 0.25) is 0 Å². The highest BCUT2D eigenvalue weighted by Crippen LogP contribution is 2.32. The van der Waals surface area contributed by atoms with Crippen LogP contribution in [0.1, 0.15) is 39.5 Å². The summed E-state index contributed by atoms with van der Waals surface area (Å²) in [7, 11) is 2.00. The van der Waals surface area contributed by atoms with Gasteiger partial charge in [0.05, 0.1) is 6.26 Å². The fourth-order valence-electron chi connectivity index (χ4n) is 2.32. The van der Waals surface area contributed by atoms with E-state index < -0.39 is 0 Å². The van der Waals surface area contributed by atoms with Gasteiger partial charge in [-0.15, -0.1) is 11.3 Å². The van der Waals surface area contributed by atoms with Crippen LogP contribution in [-0.2, 0) is 13.0 Å². The van der Waals surface area contributed by atoms with Crippen molar-refractivity contribution in [2.45, 2.75) is 32.7 Å². The van der Waals surface area contributed by atoms with Gasteiger partial charge in [-0.1, -0.05) is 0 Å². The molecule has 0 amide bonds. The van der Waals surface area contributed by atoms with Crippen LogP contribution in [0.3, 0.4) is 0 Å². The third-order valence-electron chi connectivity index (χ3n) is 3.46. The Balaban J connectivity index is 1.82. The number of hydrogen-bond acceptors (Lipinski definition) is 5.